The highest BCUT2D eigenvalue weighted by Gasteiger charge is 2.17. The third kappa shape index (κ3) is 3.13. The van der Waals surface area contributed by atoms with Crippen molar-refractivity contribution in [2.75, 3.05) is 5.32 Å². The van der Waals surface area contributed by atoms with E-state index < -0.39 is 0 Å². The average Bonchev–Trinajstić information content (AvgIpc) is 2.95. The lowest BCUT2D eigenvalue weighted by atomic mass is 10.2. The van der Waals surface area contributed by atoms with Gasteiger partial charge < -0.3 is 5.32 Å². The Kier molecular flexibility index (Phi) is 4.55. The topological polar surface area (TPSA) is 72.7 Å². The number of aryl methyl sites for hydroxylation is 1. The second-order valence-electron chi connectivity index (χ2n) is 5.79. The van der Waals surface area contributed by atoms with Crippen molar-refractivity contribution >= 4 is 22.8 Å². The lowest BCUT2D eigenvalue weighted by Gasteiger charge is -2.16. The molecule has 0 radical (unpaired) electrons. The first-order chi connectivity index (χ1) is 11.6. The van der Waals surface area contributed by atoms with Crippen molar-refractivity contribution < 1.29 is 4.79 Å². The number of rotatable bonds is 5. The molecule has 3 heterocycles. The van der Waals surface area contributed by atoms with Gasteiger partial charge in [-0.3, -0.25) is 4.79 Å². The van der Waals surface area contributed by atoms with Crippen LogP contribution in [0.5, 0.6) is 0 Å². The van der Waals surface area contributed by atoms with Gasteiger partial charge in [-0.1, -0.05) is 13.8 Å². The summed E-state index contributed by atoms with van der Waals surface area (Å²) in [5.41, 5.74) is 1.79. The molecule has 0 saturated carbocycles. The standard InChI is InChI=1S/C18H21N5O/c1-4-14(5-2)23-16(11-12(3)22-23)21-18(24)15-9-8-13-7-6-10-19-17(13)20-15/h6-11,14H,4-5H2,1-3H3,(H,21,24). The minimum atomic E-state index is -0.255. The van der Waals surface area contributed by atoms with Gasteiger partial charge in [-0.05, 0) is 44.0 Å². The fourth-order valence-corrected chi connectivity index (χ4v) is 2.78. The Hall–Kier alpha value is -2.76. The van der Waals surface area contributed by atoms with Crippen LogP contribution in [0.15, 0.2) is 36.5 Å². The zero-order chi connectivity index (χ0) is 17.1. The zero-order valence-electron chi connectivity index (χ0n) is 14.2. The first-order valence-corrected chi connectivity index (χ1v) is 8.21. The number of nitrogens with one attached hydrogen (secondary N) is 1. The van der Waals surface area contributed by atoms with E-state index in [9.17, 15) is 4.79 Å². The van der Waals surface area contributed by atoms with Crippen LogP contribution in [0, 0.1) is 6.92 Å². The van der Waals surface area contributed by atoms with Gasteiger partial charge >= 0.3 is 0 Å². The van der Waals surface area contributed by atoms with Crippen LogP contribution in [0.1, 0.15) is 48.9 Å². The molecule has 0 aliphatic carbocycles. The highest BCUT2D eigenvalue weighted by molar-refractivity contribution is 6.03. The van der Waals surface area contributed by atoms with Crippen molar-refractivity contribution in [1.29, 1.82) is 0 Å². The van der Waals surface area contributed by atoms with E-state index >= 15 is 0 Å². The second-order valence-corrected chi connectivity index (χ2v) is 5.79. The Balaban J connectivity index is 1.88. The molecular formula is C18H21N5O. The molecule has 3 aromatic rings. The molecule has 6 nitrogen and oxygen atoms in total. The summed E-state index contributed by atoms with van der Waals surface area (Å²) >= 11 is 0. The van der Waals surface area contributed by atoms with Crippen molar-refractivity contribution in [1.82, 2.24) is 19.7 Å². The fourth-order valence-electron chi connectivity index (χ4n) is 2.78. The van der Waals surface area contributed by atoms with Gasteiger partial charge in [0.05, 0.1) is 11.7 Å². The number of aromatic nitrogens is 4. The van der Waals surface area contributed by atoms with Crippen LogP contribution in [0.4, 0.5) is 5.82 Å². The minimum absolute atomic E-state index is 0.255. The number of carbonyl (C=O) groups excluding carboxylic acids is 1. The predicted octanol–water partition coefficient (Wildman–Crippen LogP) is 3.75. The molecule has 0 bridgehead atoms. The number of pyridine rings is 2. The number of hydrogen-bond acceptors (Lipinski definition) is 4. The lowest BCUT2D eigenvalue weighted by Crippen LogP contribution is -2.19. The van der Waals surface area contributed by atoms with Crippen LogP contribution in [-0.4, -0.2) is 25.7 Å². The molecule has 0 aliphatic heterocycles. The largest absolute Gasteiger partial charge is 0.305 e. The number of carbonyl (C=O) groups is 1. The summed E-state index contributed by atoms with van der Waals surface area (Å²) in [6.45, 7) is 6.16. The molecule has 3 rings (SSSR count). The fraction of sp³-hybridized carbons (Fsp3) is 0.333. The van der Waals surface area contributed by atoms with Crippen LogP contribution in [0.25, 0.3) is 11.0 Å². The van der Waals surface area contributed by atoms with Gasteiger partial charge in [-0.2, -0.15) is 5.10 Å². The number of amides is 1. The van der Waals surface area contributed by atoms with Crippen LogP contribution in [0.3, 0.4) is 0 Å². The SMILES string of the molecule is CCC(CC)n1nc(C)cc1NC(=O)c1ccc2cccnc2n1. The summed E-state index contributed by atoms with van der Waals surface area (Å²) in [5, 5.41) is 8.36. The summed E-state index contributed by atoms with van der Waals surface area (Å²) in [4.78, 5) is 21.1. The molecule has 3 aromatic heterocycles. The Labute approximate surface area is 140 Å². The smallest absolute Gasteiger partial charge is 0.275 e. The van der Waals surface area contributed by atoms with Crippen molar-refractivity contribution in [2.45, 2.75) is 39.7 Å². The zero-order valence-corrected chi connectivity index (χ0v) is 14.2. The summed E-state index contributed by atoms with van der Waals surface area (Å²) in [5.74, 6) is 0.448. The molecule has 6 heteroatoms. The van der Waals surface area contributed by atoms with E-state index in [1.54, 1.807) is 12.3 Å². The first kappa shape index (κ1) is 16.1. The molecule has 0 aromatic carbocycles. The summed E-state index contributed by atoms with van der Waals surface area (Å²) in [6, 6.07) is 9.48. The van der Waals surface area contributed by atoms with Gasteiger partial charge in [-0.25, -0.2) is 14.6 Å². The third-order valence-corrected chi connectivity index (χ3v) is 4.08. The molecular weight excluding hydrogens is 302 g/mol. The summed E-state index contributed by atoms with van der Waals surface area (Å²) in [6.07, 6.45) is 3.58. The molecule has 1 N–H and O–H groups in total. The summed E-state index contributed by atoms with van der Waals surface area (Å²) < 4.78 is 1.90. The Morgan fingerprint density at radius 1 is 1.25 bits per heavy atom. The van der Waals surface area contributed by atoms with E-state index in [-0.39, 0.29) is 11.9 Å². The van der Waals surface area contributed by atoms with Crippen molar-refractivity contribution in [2.24, 2.45) is 0 Å². The van der Waals surface area contributed by atoms with Crippen molar-refractivity contribution in [3.05, 3.63) is 47.9 Å². The molecule has 0 atom stereocenters. The second kappa shape index (κ2) is 6.78. The van der Waals surface area contributed by atoms with Crippen LogP contribution >= 0.6 is 0 Å². The van der Waals surface area contributed by atoms with Crippen molar-refractivity contribution in [3.8, 4) is 0 Å². The van der Waals surface area contributed by atoms with E-state index in [4.69, 9.17) is 0 Å². The monoisotopic (exact) mass is 323 g/mol. The van der Waals surface area contributed by atoms with E-state index in [2.05, 4.69) is 34.2 Å². The van der Waals surface area contributed by atoms with Crippen LogP contribution < -0.4 is 5.32 Å². The molecule has 0 aliphatic rings. The van der Waals surface area contributed by atoms with Crippen LogP contribution in [0.2, 0.25) is 0 Å². The van der Waals surface area contributed by atoms with E-state index in [0.717, 1.165) is 23.9 Å². The Morgan fingerprint density at radius 3 is 2.79 bits per heavy atom. The van der Waals surface area contributed by atoms with Crippen LogP contribution in [-0.2, 0) is 0 Å². The van der Waals surface area contributed by atoms with Crippen molar-refractivity contribution in [3.63, 3.8) is 0 Å². The van der Waals surface area contributed by atoms with Gasteiger partial charge in [0.25, 0.3) is 5.91 Å². The number of fused-ring (bicyclic) bond motifs is 1. The quantitative estimate of drug-likeness (QED) is 0.776. The molecule has 0 fully saturated rings. The van der Waals surface area contributed by atoms with Gasteiger partial charge in [0.15, 0.2) is 5.65 Å². The van der Waals surface area contributed by atoms with Gasteiger partial charge in [0, 0.05) is 17.6 Å². The van der Waals surface area contributed by atoms with E-state index in [1.807, 2.05) is 35.9 Å². The predicted molar refractivity (Wildman–Crippen MR) is 94.1 cm³/mol. The Bertz CT molecular complexity index is 867. The molecule has 0 unspecified atom stereocenters. The molecule has 0 spiro atoms. The van der Waals surface area contributed by atoms with E-state index in [0.29, 0.717) is 17.2 Å². The maximum absolute atomic E-state index is 12.6. The normalized spacial score (nSPS) is 11.2. The lowest BCUT2D eigenvalue weighted by molar-refractivity contribution is 0.102. The maximum Gasteiger partial charge on any atom is 0.275 e. The Morgan fingerprint density at radius 2 is 2.04 bits per heavy atom. The van der Waals surface area contributed by atoms with Gasteiger partial charge in [0.2, 0.25) is 0 Å². The maximum atomic E-state index is 12.6. The molecule has 24 heavy (non-hydrogen) atoms. The van der Waals surface area contributed by atoms with E-state index in [1.165, 1.54) is 0 Å². The molecule has 1 amide bonds. The van der Waals surface area contributed by atoms with Gasteiger partial charge in [0.1, 0.15) is 11.5 Å². The third-order valence-electron chi connectivity index (χ3n) is 4.08. The minimum Gasteiger partial charge on any atom is -0.305 e. The number of nitrogens with zero attached hydrogens (tertiary/aromatic N) is 4. The molecule has 0 saturated heterocycles. The first-order valence-electron chi connectivity index (χ1n) is 8.21. The highest BCUT2D eigenvalue weighted by Crippen LogP contribution is 2.22. The highest BCUT2D eigenvalue weighted by atomic mass is 16.2. The summed E-state index contributed by atoms with van der Waals surface area (Å²) in [7, 11) is 0. The van der Waals surface area contributed by atoms with Gasteiger partial charge in [-0.15, -0.1) is 0 Å². The number of anilines is 1. The number of hydrogen-bond donors (Lipinski definition) is 1. The average molecular weight is 323 g/mol. The molecule has 124 valence electrons.